The molecule has 1 aromatic carbocycles. The fraction of sp³-hybridized carbons (Fsp3) is 0.441. The number of aliphatic hydroxyl groups is 1. The normalized spacial score (nSPS) is 16.9. The molecular weight excluding hydrogens is 605 g/mol. The van der Waals surface area contributed by atoms with Crippen LogP contribution in [-0.2, 0) is 4.74 Å². The molecule has 2 fully saturated rings. The smallest absolute Gasteiger partial charge is 0.410 e. The molecule has 10 nitrogen and oxygen atoms in total. The van der Waals surface area contributed by atoms with Crippen LogP contribution < -0.4 is 9.80 Å². The summed E-state index contributed by atoms with van der Waals surface area (Å²) in [5.41, 5.74) is 4.08. The second-order valence-corrected chi connectivity index (χ2v) is 13.8. The minimum absolute atomic E-state index is 0.253. The molecular formula is C34H38FN7O3S. The Morgan fingerprint density at radius 3 is 2.63 bits per heavy atom. The summed E-state index contributed by atoms with van der Waals surface area (Å²) in [7, 11) is 0. The molecule has 4 aromatic rings. The third kappa shape index (κ3) is 6.34. The van der Waals surface area contributed by atoms with Gasteiger partial charge in [-0.05, 0) is 77.8 Å². The second kappa shape index (κ2) is 12.5. The molecule has 1 amide bonds. The van der Waals surface area contributed by atoms with Crippen molar-refractivity contribution in [1.29, 1.82) is 5.26 Å². The number of rotatable bonds is 7. The van der Waals surface area contributed by atoms with E-state index < -0.39 is 23.6 Å². The van der Waals surface area contributed by atoms with Crippen LogP contribution in [0.5, 0.6) is 0 Å². The van der Waals surface area contributed by atoms with Crippen molar-refractivity contribution in [3.05, 3.63) is 58.6 Å². The van der Waals surface area contributed by atoms with E-state index in [1.165, 1.54) is 17.4 Å². The highest BCUT2D eigenvalue weighted by Crippen LogP contribution is 2.45. The van der Waals surface area contributed by atoms with Gasteiger partial charge in [0.2, 0.25) is 0 Å². The number of fused-ring (bicyclic) bond motifs is 1. The van der Waals surface area contributed by atoms with Crippen molar-refractivity contribution >= 4 is 44.8 Å². The third-order valence-corrected chi connectivity index (χ3v) is 9.26. The number of anilines is 3. The number of amides is 1. The lowest BCUT2D eigenvalue weighted by Crippen LogP contribution is -2.57. The van der Waals surface area contributed by atoms with Crippen molar-refractivity contribution in [3.63, 3.8) is 0 Å². The number of carbonyl (C=O) groups excluding carboxylic acids is 1. The van der Waals surface area contributed by atoms with Gasteiger partial charge in [0.1, 0.15) is 27.8 Å². The lowest BCUT2D eigenvalue weighted by molar-refractivity contribution is 0.00704. The summed E-state index contributed by atoms with van der Waals surface area (Å²) < 4.78 is 21.6. The van der Waals surface area contributed by atoms with Crippen LogP contribution >= 0.6 is 11.3 Å². The van der Waals surface area contributed by atoms with Gasteiger partial charge >= 0.3 is 6.09 Å². The van der Waals surface area contributed by atoms with E-state index in [1.54, 1.807) is 31.9 Å². The highest BCUT2D eigenvalue weighted by Gasteiger charge is 2.34. The van der Waals surface area contributed by atoms with Crippen LogP contribution in [0.15, 0.2) is 36.5 Å². The zero-order valence-corrected chi connectivity index (χ0v) is 27.6. The Labute approximate surface area is 272 Å². The van der Waals surface area contributed by atoms with Gasteiger partial charge in [-0.2, -0.15) is 5.26 Å². The number of thiazole rings is 1. The maximum absolute atomic E-state index is 16.1. The number of piperazine rings is 1. The zero-order chi connectivity index (χ0) is 32.7. The third-order valence-electron chi connectivity index (χ3n) is 8.27. The van der Waals surface area contributed by atoms with Crippen LogP contribution in [0.3, 0.4) is 0 Å². The molecule has 1 saturated carbocycles. The zero-order valence-electron chi connectivity index (χ0n) is 26.7. The van der Waals surface area contributed by atoms with Crippen molar-refractivity contribution in [3.8, 4) is 17.3 Å². The van der Waals surface area contributed by atoms with Crippen LogP contribution in [-0.4, -0.2) is 75.5 Å². The average Bonchev–Trinajstić information content (AvgIpc) is 3.80. The number of aromatic nitrogens is 3. The minimum Gasteiger partial charge on any atom is -0.444 e. The van der Waals surface area contributed by atoms with E-state index >= 15 is 4.39 Å². The molecule has 1 saturated heterocycles. The van der Waals surface area contributed by atoms with Crippen molar-refractivity contribution in [2.24, 2.45) is 0 Å². The van der Waals surface area contributed by atoms with Crippen molar-refractivity contribution in [2.75, 3.05) is 42.6 Å². The van der Waals surface area contributed by atoms with Gasteiger partial charge in [0.15, 0.2) is 10.9 Å². The fourth-order valence-electron chi connectivity index (χ4n) is 5.79. The number of aliphatic hydroxyl groups excluding tert-OH is 1. The van der Waals surface area contributed by atoms with E-state index in [0.29, 0.717) is 53.0 Å². The quantitative estimate of drug-likeness (QED) is 0.240. The molecule has 1 aliphatic carbocycles. The largest absolute Gasteiger partial charge is 0.444 e. The van der Waals surface area contributed by atoms with Gasteiger partial charge in [-0.1, -0.05) is 11.3 Å². The maximum atomic E-state index is 16.1. The Bertz CT molecular complexity index is 1810. The SMILES string of the molecule is CCN(c1nc(-c2ccc(C)nc2)c(C#N)s1)c1cc(C2CC2)nc2c(F)cc(N3CCN(C(=O)OC(C)(C)C)[C@H](CO)C3)cc12. The first-order valence-electron chi connectivity index (χ1n) is 15.6. The van der Waals surface area contributed by atoms with Crippen LogP contribution in [0.4, 0.5) is 25.7 Å². The predicted octanol–water partition coefficient (Wildman–Crippen LogP) is 6.53. The molecule has 6 rings (SSSR count). The number of halogens is 1. The molecule has 1 N–H and O–H groups in total. The molecule has 46 heavy (non-hydrogen) atoms. The Hall–Kier alpha value is -4.34. The first kappa shape index (κ1) is 31.6. The van der Waals surface area contributed by atoms with Crippen molar-refractivity contribution < 1.29 is 19.0 Å². The summed E-state index contributed by atoms with van der Waals surface area (Å²) in [5, 5.41) is 21.5. The first-order chi connectivity index (χ1) is 22.0. The van der Waals surface area contributed by atoms with E-state index in [2.05, 4.69) is 11.1 Å². The highest BCUT2D eigenvalue weighted by molar-refractivity contribution is 7.16. The fourth-order valence-corrected chi connectivity index (χ4v) is 6.75. The van der Waals surface area contributed by atoms with Crippen LogP contribution in [0.2, 0.25) is 0 Å². The van der Waals surface area contributed by atoms with E-state index in [9.17, 15) is 15.2 Å². The van der Waals surface area contributed by atoms with Crippen molar-refractivity contribution in [1.82, 2.24) is 19.9 Å². The Morgan fingerprint density at radius 2 is 2.00 bits per heavy atom. The van der Waals surface area contributed by atoms with Crippen molar-refractivity contribution in [2.45, 2.75) is 65.0 Å². The minimum atomic E-state index is -0.660. The molecule has 0 spiro atoms. The summed E-state index contributed by atoms with van der Waals surface area (Å²) in [5.74, 6) is -0.155. The molecule has 0 bridgehead atoms. The molecule has 1 atom stereocenters. The van der Waals surface area contributed by atoms with E-state index in [4.69, 9.17) is 14.7 Å². The summed E-state index contributed by atoms with van der Waals surface area (Å²) in [6, 6.07) is 11.0. The first-order valence-corrected chi connectivity index (χ1v) is 16.4. The molecule has 0 unspecified atom stereocenters. The summed E-state index contributed by atoms with van der Waals surface area (Å²) in [6.07, 6.45) is 3.26. The molecule has 3 aromatic heterocycles. The van der Waals surface area contributed by atoms with Gasteiger partial charge in [-0.15, -0.1) is 0 Å². The van der Waals surface area contributed by atoms with Gasteiger partial charge in [-0.25, -0.2) is 19.2 Å². The van der Waals surface area contributed by atoms with Gasteiger partial charge in [-0.3, -0.25) is 9.88 Å². The maximum Gasteiger partial charge on any atom is 0.410 e. The van der Waals surface area contributed by atoms with E-state index in [0.717, 1.165) is 35.5 Å². The summed E-state index contributed by atoms with van der Waals surface area (Å²) in [6.45, 7) is 10.7. The Balaban J connectivity index is 1.40. The number of aryl methyl sites for hydroxylation is 1. The van der Waals surface area contributed by atoms with Gasteiger partial charge in [0.25, 0.3) is 0 Å². The predicted molar refractivity (Wildman–Crippen MR) is 177 cm³/mol. The Kier molecular flexibility index (Phi) is 8.56. The molecule has 2 aliphatic rings. The standard InChI is InChI=1S/C34H38FN7O3S/c1-6-41(32-39-30(29(16-36)46-32)22-8-7-20(2)37-17-22)28-15-27(21-9-10-21)38-31-25(28)13-23(14-26(31)35)40-11-12-42(24(18-40)19-43)33(44)45-34(3,4)5/h7-8,13-15,17,21,24,43H,6,9-12,18-19H2,1-5H3/t24-/m0/s1. The monoisotopic (exact) mass is 643 g/mol. The molecule has 0 radical (unpaired) electrons. The van der Waals surface area contributed by atoms with Gasteiger partial charge < -0.3 is 19.6 Å². The lowest BCUT2D eigenvalue weighted by atomic mass is 10.1. The van der Waals surface area contributed by atoms with E-state index in [-0.39, 0.29) is 18.0 Å². The topological polar surface area (TPSA) is 119 Å². The number of hydrogen-bond acceptors (Lipinski definition) is 10. The molecule has 240 valence electrons. The number of ether oxygens (including phenoxy) is 1. The number of hydrogen-bond donors (Lipinski definition) is 1. The second-order valence-electron chi connectivity index (χ2n) is 12.8. The number of carbonyl (C=O) groups is 1. The van der Waals surface area contributed by atoms with Crippen LogP contribution in [0, 0.1) is 24.1 Å². The number of benzene rings is 1. The number of nitriles is 1. The van der Waals surface area contributed by atoms with E-state index in [1.807, 2.05) is 47.9 Å². The molecule has 1 aliphatic heterocycles. The summed E-state index contributed by atoms with van der Waals surface area (Å²) in [4.78, 5) is 33.0. The number of nitrogens with zero attached hydrogens (tertiary/aromatic N) is 7. The Morgan fingerprint density at radius 1 is 1.22 bits per heavy atom. The number of pyridine rings is 2. The van der Waals surface area contributed by atoms with Gasteiger partial charge in [0, 0.05) is 66.3 Å². The average molecular weight is 644 g/mol. The lowest BCUT2D eigenvalue weighted by Gasteiger charge is -2.42. The molecule has 12 heteroatoms. The highest BCUT2D eigenvalue weighted by atomic mass is 32.1. The van der Waals surface area contributed by atoms with Gasteiger partial charge in [0.05, 0.1) is 18.3 Å². The van der Waals surface area contributed by atoms with Crippen LogP contribution in [0.1, 0.15) is 62.7 Å². The molecule has 4 heterocycles. The van der Waals surface area contributed by atoms with Crippen LogP contribution in [0.25, 0.3) is 22.2 Å². The summed E-state index contributed by atoms with van der Waals surface area (Å²) >= 11 is 1.30.